The van der Waals surface area contributed by atoms with Gasteiger partial charge in [-0.3, -0.25) is 9.78 Å². The summed E-state index contributed by atoms with van der Waals surface area (Å²) in [6.07, 6.45) is 4.80. The van der Waals surface area contributed by atoms with Crippen LogP contribution in [-0.4, -0.2) is 23.5 Å². The van der Waals surface area contributed by atoms with Gasteiger partial charge in [-0.1, -0.05) is 18.2 Å². The van der Waals surface area contributed by atoms with Gasteiger partial charge in [0.2, 0.25) is 5.91 Å². The van der Waals surface area contributed by atoms with Crippen LogP contribution in [0.1, 0.15) is 30.5 Å². The number of benzene rings is 1. The van der Waals surface area contributed by atoms with Gasteiger partial charge in [0.25, 0.3) is 0 Å². The molecule has 1 aliphatic heterocycles. The van der Waals surface area contributed by atoms with Crippen LogP contribution >= 0.6 is 0 Å². The Bertz CT molecular complexity index is 643. The standard InChI is InChI=1S/C19H23N3O2/c23-19-18(6-2-4-12-21-19)22-13-15-7-9-17(10-8-15)24-14-16-5-1-3-11-20-16/h1,3,5,7-11,18,22H,2,4,6,12-14H2,(H,21,23)/t18-/m0/s1. The fraction of sp³-hybridized carbons (Fsp3) is 0.368. The summed E-state index contributed by atoms with van der Waals surface area (Å²) in [4.78, 5) is 16.1. The predicted octanol–water partition coefficient (Wildman–Crippen LogP) is 2.42. The highest BCUT2D eigenvalue weighted by atomic mass is 16.5. The molecule has 24 heavy (non-hydrogen) atoms. The van der Waals surface area contributed by atoms with Crippen LogP contribution in [0.4, 0.5) is 0 Å². The maximum Gasteiger partial charge on any atom is 0.237 e. The molecule has 2 N–H and O–H groups in total. The van der Waals surface area contributed by atoms with Crippen molar-refractivity contribution in [3.05, 3.63) is 59.9 Å². The largest absolute Gasteiger partial charge is 0.487 e. The van der Waals surface area contributed by atoms with Crippen LogP contribution in [0.25, 0.3) is 0 Å². The molecule has 0 saturated carbocycles. The first kappa shape index (κ1) is 16.5. The summed E-state index contributed by atoms with van der Waals surface area (Å²) < 4.78 is 5.73. The summed E-state index contributed by atoms with van der Waals surface area (Å²) in [5.74, 6) is 0.930. The number of nitrogens with one attached hydrogen (secondary N) is 2. The van der Waals surface area contributed by atoms with Crippen LogP contribution in [0.2, 0.25) is 0 Å². The monoisotopic (exact) mass is 325 g/mol. The Balaban J connectivity index is 1.48. The number of hydrogen-bond donors (Lipinski definition) is 2. The normalized spacial score (nSPS) is 17.8. The Kier molecular flexibility index (Phi) is 5.80. The van der Waals surface area contributed by atoms with Gasteiger partial charge in [-0.25, -0.2) is 0 Å². The Morgan fingerprint density at radius 3 is 2.83 bits per heavy atom. The quantitative estimate of drug-likeness (QED) is 0.856. The Morgan fingerprint density at radius 2 is 2.04 bits per heavy atom. The van der Waals surface area contributed by atoms with Crippen LogP contribution in [-0.2, 0) is 17.9 Å². The molecule has 0 spiro atoms. The third kappa shape index (κ3) is 4.80. The van der Waals surface area contributed by atoms with E-state index in [0.29, 0.717) is 13.2 Å². The van der Waals surface area contributed by atoms with E-state index in [9.17, 15) is 4.79 Å². The number of carbonyl (C=O) groups excluding carboxylic acids is 1. The summed E-state index contributed by atoms with van der Waals surface area (Å²) in [6, 6.07) is 13.6. The Hall–Kier alpha value is -2.40. The van der Waals surface area contributed by atoms with Gasteiger partial charge in [0, 0.05) is 19.3 Å². The first-order valence-corrected chi connectivity index (χ1v) is 8.44. The zero-order chi connectivity index (χ0) is 16.6. The van der Waals surface area contributed by atoms with E-state index < -0.39 is 0 Å². The highest BCUT2D eigenvalue weighted by Crippen LogP contribution is 2.14. The van der Waals surface area contributed by atoms with Crippen molar-refractivity contribution in [1.82, 2.24) is 15.6 Å². The molecule has 3 rings (SSSR count). The van der Waals surface area contributed by atoms with Crippen LogP contribution < -0.4 is 15.4 Å². The molecule has 0 unspecified atom stereocenters. The van der Waals surface area contributed by atoms with Crippen molar-refractivity contribution in [2.24, 2.45) is 0 Å². The van der Waals surface area contributed by atoms with Gasteiger partial charge in [-0.2, -0.15) is 0 Å². The lowest BCUT2D eigenvalue weighted by Crippen LogP contribution is -2.42. The van der Waals surface area contributed by atoms with Gasteiger partial charge >= 0.3 is 0 Å². The smallest absolute Gasteiger partial charge is 0.237 e. The van der Waals surface area contributed by atoms with E-state index in [2.05, 4.69) is 15.6 Å². The average Bonchev–Trinajstić information content (AvgIpc) is 2.84. The first-order valence-electron chi connectivity index (χ1n) is 8.44. The molecule has 0 radical (unpaired) electrons. The summed E-state index contributed by atoms with van der Waals surface area (Å²) in [5, 5.41) is 6.29. The van der Waals surface area contributed by atoms with E-state index in [-0.39, 0.29) is 11.9 Å². The van der Waals surface area contributed by atoms with Gasteiger partial charge in [0.15, 0.2) is 0 Å². The van der Waals surface area contributed by atoms with Gasteiger partial charge in [-0.15, -0.1) is 0 Å². The number of amides is 1. The fourth-order valence-corrected chi connectivity index (χ4v) is 2.72. The van der Waals surface area contributed by atoms with E-state index >= 15 is 0 Å². The fourth-order valence-electron chi connectivity index (χ4n) is 2.72. The Morgan fingerprint density at radius 1 is 1.17 bits per heavy atom. The number of carbonyl (C=O) groups is 1. The van der Waals surface area contributed by atoms with Crippen molar-refractivity contribution >= 4 is 5.91 Å². The lowest BCUT2D eigenvalue weighted by atomic mass is 10.1. The van der Waals surface area contributed by atoms with E-state index in [4.69, 9.17) is 4.74 Å². The topological polar surface area (TPSA) is 63.2 Å². The molecule has 1 aromatic heterocycles. The van der Waals surface area contributed by atoms with Crippen molar-refractivity contribution in [3.8, 4) is 5.75 Å². The molecule has 1 atom stereocenters. The van der Waals surface area contributed by atoms with Crippen molar-refractivity contribution < 1.29 is 9.53 Å². The SMILES string of the molecule is O=C1NCCCC[C@@H]1NCc1ccc(OCc2ccccn2)cc1. The second-order valence-corrected chi connectivity index (χ2v) is 5.97. The van der Waals surface area contributed by atoms with Gasteiger partial charge in [0.05, 0.1) is 11.7 Å². The maximum absolute atomic E-state index is 11.9. The minimum Gasteiger partial charge on any atom is -0.487 e. The molecule has 5 heteroatoms. The molecule has 1 saturated heterocycles. The molecule has 2 heterocycles. The maximum atomic E-state index is 11.9. The van der Waals surface area contributed by atoms with Gasteiger partial charge < -0.3 is 15.4 Å². The van der Waals surface area contributed by atoms with Crippen LogP contribution in [0.3, 0.4) is 0 Å². The predicted molar refractivity (Wildman–Crippen MR) is 92.5 cm³/mol. The number of rotatable bonds is 6. The molecule has 0 aliphatic carbocycles. The molecule has 1 amide bonds. The summed E-state index contributed by atoms with van der Waals surface area (Å²) in [6.45, 7) is 1.93. The Labute approximate surface area is 142 Å². The third-order valence-corrected chi connectivity index (χ3v) is 4.12. The first-order chi connectivity index (χ1) is 11.8. The zero-order valence-electron chi connectivity index (χ0n) is 13.7. The van der Waals surface area contributed by atoms with Crippen molar-refractivity contribution in [1.29, 1.82) is 0 Å². The molecule has 126 valence electrons. The number of hydrogen-bond acceptors (Lipinski definition) is 4. The molecule has 1 aliphatic rings. The summed E-state index contributed by atoms with van der Waals surface area (Å²) in [5.41, 5.74) is 2.04. The van der Waals surface area contributed by atoms with Gasteiger partial charge in [0.1, 0.15) is 12.4 Å². The second-order valence-electron chi connectivity index (χ2n) is 5.97. The zero-order valence-corrected chi connectivity index (χ0v) is 13.7. The molecule has 1 fully saturated rings. The minimum absolute atomic E-state index is 0.0902. The molecule has 5 nitrogen and oxygen atoms in total. The van der Waals surface area contributed by atoms with E-state index in [1.807, 2.05) is 42.5 Å². The number of ether oxygens (including phenoxy) is 1. The van der Waals surface area contributed by atoms with E-state index in [1.165, 1.54) is 0 Å². The minimum atomic E-state index is -0.0902. The molecule has 2 aromatic rings. The van der Waals surface area contributed by atoms with Crippen LogP contribution in [0.15, 0.2) is 48.7 Å². The molecular weight excluding hydrogens is 302 g/mol. The average molecular weight is 325 g/mol. The van der Waals surface area contributed by atoms with Crippen molar-refractivity contribution in [2.45, 2.75) is 38.5 Å². The third-order valence-electron chi connectivity index (χ3n) is 4.12. The highest BCUT2D eigenvalue weighted by Gasteiger charge is 2.19. The van der Waals surface area contributed by atoms with Crippen LogP contribution in [0, 0.1) is 0 Å². The molecule has 0 bridgehead atoms. The lowest BCUT2D eigenvalue weighted by molar-refractivity contribution is -0.122. The van der Waals surface area contributed by atoms with E-state index in [0.717, 1.165) is 42.8 Å². The van der Waals surface area contributed by atoms with Crippen molar-refractivity contribution in [3.63, 3.8) is 0 Å². The number of nitrogens with zero attached hydrogens (tertiary/aromatic N) is 1. The lowest BCUT2D eigenvalue weighted by Gasteiger charge is -2.15. The van der Waals surface area contributed by atoms with Gasteiger partial charge in [-0.05, 0) is 49.1 Å². The van der Waals surface area contributed by atoms with Crippen LogP contribution in [0.5, 0.6) is 5.75 Å². The highest BCUT2D eigenvalue weighted by molar-refractivity contribution is 5.81. The van der Waals surface area contributed by atoms with Crippen molar-refractivity contribution in [2.75, 3.05) is 6.54 Å². The number of pyridine rings is 1. The second kappa shape index (κ2) is 8.45. The summed E-state index contributed by atoms with van der Waals surface area (Å²) in [7, 11) is 0. The van der Waals surface area contributed by atoms with E-state index in [1.54, 1.807) is 6.20 Å². The number of aromatic nitrogens is 1. The molecular formula is C19H23N3O2. The molecule has 1 aromatic carbocycles. The summed E-state index contributed by atoms with van der Waals surface area (Å²) >= 11 is 0.